The monoisotopic (exact) mass is 565 g/mol. The van der Waals surface area contributed by atoms with Crippen LogP contribution < -0.4 is 16.4 Å². The number of urea groups is 1. The predicted octanol–water partition coefficient (Wildman–Crippen LogP) is 5.80. The van der Waals surface area contributed by atoms with E-state index in [1.54, 1.807) is 22.9 Å². The number of nitrogens with zero attached hydrogens (tertiary/aromatic N) is 6. The molecule has 42 heavy (non-hydrogen) atoms. The minimum absolute atomic E-state index is 0.207. The van der Waals surface area contributed by atoms with E-state index in [-0.39, 0.29) is 5.41 Å². The van der Waals surface area contributed by atoms with Crippen molar-refractivity contribution in [3.63, 3.8) is 0 Å². The Kier molecular flexibility index (Phi) is 7.11. The standard InChI is InChI=1S/C31H35N9O2/c1-31(2,3)24-17-25(38-42-24)36-30(41)35-22-9-11-23(12-10-22)40-29-26(28(32)33-18-34-29)27(37-40)21-7-5-19(6-8-21)20-13-15-39(4)16-14-20/h5-12,17-18,20H,13-16H2,1-4H3,(H2,32,33,34)(H2,35,36,38,41). The Morgan fingerprint density at radius 3 is 2.38 bits per heavy atom. The highest BCUT2D eigenvalue weighted by Crippen LogP contribution is 2.34. The first-order valence-corrected chi connectivity index (χ1v) is 14.1. The first-order chi connectivity index (χ1) is 20.2. The van der Waals surface area contributed by atoms with Gasteiger partial charge in [-0.3, -0.25) is 5.32 Å². The maximum atomic E-state index is 12.6. The molecule has 0 atom stereocenters. The third-order valence-electron chi connectivity index (χ3n) is 7.73. The van der Waals surface area contributed by atoms with Crippen LogP contribution in [0.5, 0.6) is 0 Å². The highest BCUT2D eigenvalue weighted by atomic mass is 16.5. The Morgan fingerprint density at radius 2 is 1.71 bits per heavy atom. The largest absolute Gasteiger partial charge is 0.383 e. The van der Waals surface area contributed by atoms with Gasteiger partial charge in [0.2, 0.25) is 0 Å². The van der Waals surface area contributed by atoms with E-state index in [2.05, 4.69) is 62.0 Å². The van der Waals surface area contributed by atoms with E-state index < -0.39 is 6.03 Å². The number of likely N-dealkylation sites (tertiary alicyclic amines) is 1. The molecule has 11 heteroatoms. The Morgan fingerprint density at radius 1 is 1.00 bits per heavy atom. The molecule has 3 aromatic heterocycles. The molecule has 0 aliphatic carbocycles. The van der Waals surface area contributed by atoms with Gasteiger partial charge in [-0.05, 0) is 68.7 Å². The lowest BCUT2D eigenvalue weighted by atomic mass is 9.89. The summed E-state index contributed by atoms with van der Waals surface area (Å²) in [6, 6.07) is 17.2. The molecule has 1 aliphatic heterocycles. The molecular formula is C31H35N9O2. The molecule has 1 fully saturated rings. The molecule has 0 unspecified atom stereocenters. The maximum absolute atomic E-state index is 12.6. The summed E-state index contributed by atoms with van der Waals surface area (Å²) in [6.07, 6.45) is 3.77. The molecule has 4 heterocycles. The van der Waals surface area contributed by atoms with Gasteiger partial charge in [0.05, 0.1) is 11.1 Å². The van der Waals surface area contributed by atoms with Crippen molar-refractivity contribution in [2.45, 2.75) is 44.9 Å². The lowest BCUT2D eigenvalue weighted by molar-refractivity contribution is 0.255. The average Bonchev–Trinajstić information content (AvgIpc) is 3.60. The molecule has 11 nitrogen and oxygen atoms in total. The number of aromatic nitrogens is 5. The van der Waals surface area contributed by atoms with Crippen LogP contribution >= 0.6 is 0 Å². The second-order valence-electron chi connectivity index (χ2n) is 11.9. The third kappa shape index (κ3) is 5.55. The summed E-state index contributed by atoms with van der Waals surface area (Å²) in [6.45, 7) is 8.27. The Hall–Kier alpha value is -4.77. The maximum Gasteiger partial charge on any atom is 0.324 e. The number of piperidine rings is 1. The lowest BCUT2D eigenvalue weighted by Crippen LogP contribution is -2.29. The van der Waals surface area contributed by atoms with Crippen molar-refractivity contribution >= 4 is 34.4 Å². The fraction of sp³-hybridized carbons (Fsp3) is 0.323. The number of benzene rings is 2. The van der Waals surface area contributed by atoms with Gasteiger partial charge in [0, 0.05) is 22.7 Å². The number of fused-ring (bicyclic) bond motifs is 1. The molecule has 1 aliphatic rings. The topological polar surface area (TPSA) is 140 Å². The molecule has 0 spiro atoms. The van der Waals surface area contributed by atoms with Crippen LogP contribution in [0.4, 0.5) is 22.1 Å². The number of nitrogens with two attached hydrogens (primary N) is 1. The van der Waals surface area contributed by atoms with Crippen LogP contribution in [0.25, 0.3) is 28.0 Å². The van der Waals surface area contributed by atoms with Crippen LogP contribution in [0.2, 0.25) is 0 Å². The number of hydrogen-bond donors (Lipinski definition) is 3. The van der Waals surface area contributed by atoms with E-state index in [9.17, 15) is 4.79 Å². The SMILES string of the molecule is CN1CCC(c2ccc(-c3nn(-c4ccc(NC(=O)Nc5cc(C(C)(C)C)on5)cc4)c4ncnc(N)c34)cc2)CC1. The molecule has 216 valence electrons. The van der Waals surface area contributed by atoms with Gasteiger partial charge < -0.3 is 20.5 Å². The molecule has 1 saturated heterocycles. The number of rotatable bonds is 5. The molecule has 0 radical (unpaired) electrons. The second-order valence-corrected chi connectivity index (χ2v) is 11.9. The summed E-state index contributed by atoms with van der Waals surface area (Å²) in [4.78, 5) is 23.7. The van der Waals surface area contributed by atoms with Crippen molar-refractivity contribution in [1.29, 1.82) is 0 Å². The van der Waals surface area contributed by atoms with Gasteiger partial charge in [-0.15, -0.1) is 0 Å². The van der Waals surface area contributed by atoms with Crippen molar-refractivity contribution in [2.24, 2.45) is 0 Å². The quantitative estimate of drug-likeness (QED) is 0.243. The van der Waals surface area contributed by atoms with Crippen LogP contribution in [-0.2, 0) is 5.41 Å². The van der Waals surface area contributed by atoms with Crippen LogP contribution in [-0.4, -0.2) is 56.0 Å². The summed E-state index contributed by atoms with van der Waals surface area (Å²) in [5.74, 6) is 1.98. The van der Waals surface area contributed by atoms with Gasteiger partial charge in [0.15, 0.2) is 11.5 Å². The highest BCUT2D eigenvalue weighted by molar-refractivity contribution is 6.00. The van der Waals surface area contributed by atoms with Crippen molar-refractivity contribution in [3.8, 4) is 16.9 Å². The number of amides is 2. The molecule has 0 saturated carbocycles. The van der Waals surface area contributed by atoms with Gasteiger partial charge in [-0.25, -0.2) is 19.4 Å². The first-order valence-electron chi connectivity index (χ1n) is 14.1. The fourth-order valence-corrected chi connectivity index (χ4v) is 5.26. The van der Waals surface area contributed by atoms with Crippen molar-refractivity contribution in [3.05, 3.63) is 72.2 Å². The van der Waals surface area contributed by atoms with E-state index in [1.807, 2.05) is 32.9 Å². The van der Waals surface area contributed by atoms with E-state index in [1.165, 1.54) is 24.7 Å². The van der Waals surface area contributed by atoms with Gasteiger partial charge in [-0.1, -0.05) is 50.2 Å². The van der Waals surface area contributed by atoms with E-state index in [4.69, 9.17) is 15.4 Å². The molecule has 6 rings (SSSR count). The highest BCUT2D eigenvalue weighted by Gasteiger charge is 2.22. The summed E-state index contributed by atoms with van der Waals surface area (Å²) in [5, 5.41) is 15.1. The molecule has 4 N–H and O–H groups in total. The Bertz CT molecular complexity index is 1710. The summed E-state index contributed by atoms with van der Waals surface area (Å²) >= 11 is 0. The summed E-state index contributed by atoms with van der Waals surface area (Å²) in [7, 11) is 2.18. The van der Waals surface area contributed by atoms with Crippen molar-refractivity contribution in [1.82, 2.24) is 29.8 Å². The van der Waals surface area contributed by atoms with Crippen LogP contribution in [0.15, 0.2) is 65.4 Å². The summed E-state index contributed by atoms with van der Waals surface area (Å²) < 4.78 is 7.09. The zero-order chi connectivity index (χ0) is 29.4. The molecular weight excluding hydrogens is 530 g/mol. The molecule has 0 bridgehead atoms. The zero-order valence-electron chi connectivity index (χ0n) is 24.3. The number of hydrogen-bond acceptors (Lipinski definition) is 8. The predicted molar refractivity (Wildman–Crippen MR) is 164 cm³/mol. The molecule has 5 aromatic rings. The van der Waals surface area contributed by atoms with E-state index in [0.717, 1.165) is 30.0 Å². The Labute approximate surface area is 244 Å². The second kappa shape index (κ2) is 10.9. The van der Waals surface area contributed by atoms with Crippen LogP contribution in [0.1, 0.15) is 50.9 Å². The number of nitrogens with one attached hydrogen (secondary N) is 2. The summed E-state index contributed by atoms with van der Waals surface area (Å²) in [5.41, 5.74) is 11.1. The van der Waals surface area contributed by atoms with Gasteiger partial charge in [0.25, 0.3) is 0 Å². The van der Waals surface area contributed by atoms with Gasteiger partial charge >= 0.3 is 6.03 Å². The lowest BCUT2D eigenvalue weighted by Gasteiger charge is -2.29. The molecule has 2 amide bonds. The van der Waals surface area contributed by atoms with E-state index in [0.29, 0.717) is 40.0 Å². The van der Waals surface area contributed by atoms with Crippen LogP contribution in [0, 0.1) is 0 Å². The van der Waals surface area contributed by atoms with Crippen molar-refractivity contribution < 1.29 is 9.32 Å². The number of anilines is 3. The number of nitrogen functional groups attached to an aromatic ring is 1. The van der Waals surface area contributed by atoms with Gasteiger partial charge in [0.1, 0.15) is 23.6 Å². The zero-order valence-corrected chi connectivity index (χ0v) is 24.3. The first kappa shape index (κ1) is 27.4. The number of carbonyl (C=O) groups excluding carboxylic acids is 1. The molecule has 2 aromatic carbocycles. The minimum atomic E-state index is -0.424. The normalized spacial score (nSPS) is 14.8. The smallest absolute Gasteiger partial charge is 0.324 e. The van der Waals surface area contributed by atoms with Crippen molar-refractivity contribution in [2.75, 3.05) is 36.5 Å². The Balaban J connectivity index is 1.22. The third-order valence-corrected chi connectivity index (χ3v) is 7.73. The van der Waals surface area contributed by atoms with Gasteiger partial charge in [-0.2, -0.15) is 5.10 Å². The average molecular weight is 566 g/mol. The van der Waals surface area contributed by atoms with E-state index >= 15 is 0 Å². The van der Waals surface area contributed by atoms with Crippen LogP contribution in [0.3, 0.4) is 0 Å². The minimum Gasteiger partial charge on any atom is -0.383 e. The fourth-order valence-electron chi connectivity index (χ4n) is 5.26. The number of carbonyl (C=O) groups is 1.